The number of nitrogens with zero attached hydrogens (tertiary/aromatic N) is 2. The van der Waals surface area contributed by atoms with Crippen molar-refractivity contribution in [2.24, 2.45) is 0 Å². The molecular weight excluding hydrogens is 307 g/mol. The molecule has 0 bridgehead atoms. The Kier molecular flexibility index (Phi) is 3.94. The van der Waals surface area contributed by atoms with Crippen LogP contribution in [-0.4, -0.2) is 17.4 Å². The third-order valence-corrected chi connectivity index (χ3v) is 4.45. The first-order chi connectivity index (χ1) is 12.2. The standard InChI is InChI=1S/C21H17BN2O/c22-17-11-12-19-18(13-17)21(25)24(14-23-19)20(15-7-3-1-4-8-15)16-9-5-2-6-10-16/h1-14,20H,22H2. The monoisotopic (exact) mass is 324 g/mol. The molecule has 0 amide bonds. The van der Waals surface area contributed by atoms with Crippen molar-refractivity contribution >= 4 is 24.2 Å². The van der Waals surface area contributed by atoms with Crippen LogP contribution in [0.5, 0.6) is 0 Å². The van der Waals surface area contributed by atoms with Crippen molar-refractivity contribution in [3.63, 3.8) is 0 Å². The molecule has 3 nitrogen and oxygen atoms in total. The molecule has 0 saturated heterocycles. The lowest BCUT2D eigenvalue weighted by Gasteiger charge is -2.21. The fourth-order valence-corrected chi connectivity index (χ4v) is 3.22. The maximum Gasteiger partial charge on any atom is 0.262 e. The van der Waals surface area contributed by atoms with Crippen molar-refractivity contribution in [2.75, 3.05) is 0 Å². The van der Waals surface area contributed by atoms with Gasteiger partial charge in [-0.1, -0.05) is 78.3 Å². The van der Waals surface area contributed by atoms with Crippen LogP contribution in [0.2, 0.25) is 0 Å². The van der Waals surface area contributed by atoms with Crippen molar-refractivity contribution in [3.05, 3.63) is 107 Å². The molecule has 0 aliphatic heterocycles. The van der Waals surface area contributed by atoms with Crippen LogP contribution < -0.4 is 11.0 Å². The normalized spacial score (nSPS) is 11.1. The summed E-state index contributed by atoms with van der Waals surface area (Å²) in [5, 5.41) is 0.652. The second kappa shape index (κ2) is 6.40. The minimum atomic E-state index is -0.202. The molecule has 1 aromatic heterocycles. The Hall–Kier alpha value is -3.14. The number of benzene rings is 3. The Morgan fingerprint density at radius 2 is 1.44 bits per heavy atom. The number of hydrogen-bond donors (Lipinski definition) is 0. The van der Waals surface area contributed by atoms with E-state index in [0.29, 0.717) is 5.39 Å². The summed E-state index contributed by atoms with van der Waals surface area (Å²) < 4.78 is 1.73. The Labute approximate surface area is 147 Å². The molecule has 0 unspecified atom stereocenters. The second-order valence-electron chi connectivity index (χ2n) is 6.20. The zero-order chi connectivity index (χ0) is 17.2. The van der Waals surface area contributed by atoms with Gasteiger partial charge in [-0.3, -0.25) is 9.36 Å². The van der Waals surface area contributed by atoms with E-state index in [1.165, 1.54) is 0 Å². The number of fused-ring (bicyclic) bond motifs is 1. The quantitative estimate of drug-likeness (QED) is 0.542. The summed E-state index contributed by atoms with van der Waals surface area (Å²) in [4.78, 5) is 17.7. The minimum absolute atomic E-state index is 0.0218. The van der Waals surface area contributed by atoms with Crippen molar-refractivity contribution in [3.8, 4) is 0 Å². The lowest BCUT2D eigenvalue weighted by Crippen LogP contribution is -2.27. The van der Waals surface area contributed by atoms with E-state index in [1.807, 2.05) is 86.7 Å². The fourth-order valence-electron chi connectivity index (χ4n) is 3.22. The first-order valence-electron chi connectivity index (χ1n) is 8.31. The number of aromatic nitrogens is 2. The molecule has 25 heavy (non-hydrogen) atoms. The van der Waals surface area contributed by atoms with Gasteiger partial charge in [-0.15, -0.1) is 0 Å². The number of rotatable bonds is 3. The van der Waals surface area contributed by atoms with Gasteiger partial charge >= 0.3 is 0 Å². The molecule has 0 saturated carbocycles. The van der Waals surface area contributed by atoms with Crippen LogP contribution in [0.15, 0.2) is 90.0 Å². The van der Waals surface area contributed by atoms with Crippen LogP contribution in [0.4, 0.5) is 0 Å². The maximum atomic E-state index is 13.2. The molecular formula is C21H17BN2O. The first-order valence-corrected chi connectivity index (χ1v) is 8.31. The van der Waals surface area contributed by atoms with E-state index in [-0.39, 0.29) is 11.6 Å². The summed E-state index contributed by atoms with van der Waals surface area (Å²) in [5.74, 6) is 0. The van der Waals surface area contributed by atoms with Crippen LogP contribution in [0.1, 0.15) is 17.2 Å². The summed E-state index contributed by atoms with van der Waals surface area (Å²) >= 11 is 0. The van der Waals surface area contributed by atoms with E-state index >= 15 is 0 Å². The molecule has 0 spiro atoms. The minimum Gasteiger partial charge on any atom is -0.287 e. The van der Waals surface area contributed by atoms with E-state index < -0.39 is 0 Å². The smallest absolute Gasteiger partial charge is 0.262 e. The van der Waals surface area contributed by atoms with Crippen molar-refractivity contribution in [1.29, 1.82) is 0 Å². The second-order valence-corrected chi connectivity index (χ2v) is 6.20. The van der Waals surface area contributed by atoms with E-state index in [2.05, 4.69) is 4.98 Å². The topological polar surface area (TPSA) is 34.9 Å². The van der Waals surface area contributed by atoms with Crippen LogP contribution >= 0.6 is 0 Å². The summed E-state index contributed by atoms with van der Waals surface area (Å²) in [6, 6.07) is 25.7. The SMILES string of the molecule is Bc1ccc2ncn(C(c3ccccc3)c3ccccc3)c(=O)c2c1. The highest BCUT2D eigenvalue weighted by Gasteiger charge is 2.18. The van der Waals surface area contributed by atoms with E-state index in [4.69, 9.17) is 0 Å². The molecule has 3 aromatic carbocycles. The summed E-state index contributed by atoms with van der Waals surface area (Å²) in [6.07, 6.45) is 1.66. The van der Waals surface area contributed by atoms with Crippen LogP contribution in [0.3, 0.4) is 0 Å². The molecule has 0 N–H and O–H groups in total. The molecule has 4 aromatic rings. The van der Waals surface area contributed by atoms with Gasteiger partial charge in [0.2, 0.25) is 0 Å². The van der Waals surface area contributed by atoms with Gasteiger partial charge in [0.15, 0.2) is 0 Å². The van der Waals surface area contributed by atoms with Gasteiger partial charge in [-0.05, 0) is 17.2 Å². The van der Waals surface area contributed by atoms with Gasteiger partial charge in [0.1, 0.15) is 7.85 Å². The zero-order valence-corrected chi connectivity index (χ0v) is 14.0. The first kappa shape index (κ1) is 15.4. The average molecular weight is 324 g/mol. The molecule has 4 rings (SSSR count). The van der Waals surface area contributed by atoms with Crippen molar-refractivity contribution in [1.82, 2.24) is 9.55 Å². The predicted octanol–water partition coefficient (Wildman–Crippen LogP) is 2.29. The maximum absolute atomic E-state index is 13.2. The largest absolute Gasteiger partial charge is 0.287 e. The molecule has 1 heterocycles. The Bertz CT molecular complexity index is 1040. The zero-order valence-electron chi connectivity index (χ0n) is 14.0. The van der Waals surface area contributed by atoms with Gasteiger partial charge in [-0.2, -0.15) is 0 Å². The van der Waals surface area contributed by atoms with Gasteiger partial charge in [0.25, 0.3) is 5.56 Å². The predicted molar refractivity (Wildman–Crippen MR) is 104 cm³/mol. The van der Waals surface area contributed by atoms with Crippen LogP contribution in [0.25, 0.3) is 10.9 Å². The summed E-state index contributed by atoms with van der Waals surface area (Å²) in [5.41, 5.74) is 3.88. The molecule has 0 radical (unpaired) electrons. The highest BCUT2D eigenvalue weighted by molar-refractivity contribution is 6.33. The van der Waals surface area contributed by atoms with Gasteiger partial charge in [0, 0.05) is 0 Å². The van der Waals surface area contributed by atoms with Crippen LogP contribution in [-0.2, 0) is 0 Å². The van der Waals surface area contributed by atoms with E-state index in [1.54, 1.807) is 10.9 Å². The lowest BCUT2D eigenvalue weighted by atomic mass is 9.94. The molecule has 0 atom stereocenters. The van der Waals surface area contributed by atoms with E-state index in [0.717, 1.165) is 22.1 Å². The summed E-state index contributed by atoms with van der Waals surface area (Å²) in [7, 11) is 1.99. The number of hydrogen-bond acceptors (Lipinski definition) is 2. The highest BCUT2D eigenvalue weighted by Crippen LogP contribution is 2.25. The van der Waals surface area contributed by atoms with Gasteiger partial charge in [-0.25, -0.2) is 4.98 Å². The van der Waals surface area contributed by atoms with E-state index in [9.17, 15) is 4.79 Å². The Morgan fingerprint density at radius 1 is 0.840 bits per heavy atom. The average Bonchev–Trinajstić information content (AvgIpc) is 2.66. The van der Waals surface area contributed by atoms with Gasteiger partial charge in [0.05, 0.1) is 23.3 Å². The van der Waals surface area contributed by atoms with Crippen molar-refractivity contribution < 1.29 is 0 Å². The van der Waals surface area contributed by atoms with Crippen molar-refractivity contribution in [2.45, 2.75) is 6.04 Å². The highest BCUT2D eigenvalue weighted by atomic mass is 16.1. The van der Waals surface area contributed by atoms with Gasteiger partial charge < -0.3 is 0 Å². The third kappa shape index (κ3) is 2.87. The lowest BCUT2D eigenvalue weighted by molar-refractivity contribution is 0.643. The molecule has 0 aliphatic rings. The fraction of sp³-hybridized carbons (Fsp3) is 0.0476. The Morgan fingerprint density at radius 3 is 2.04 bits per heavy atom. The van der Waals surface area contributed by atoms with Crippen LogP contribution in [0, 0.1) is 0 Å². The Balaban J connectivity index is 1.99. The molecule has 4 heteroatoms. The molecule has 0 aliphatic carbocycles. The summed E-state index contributed by atoms with van der Waals surface area (Å²) in [6.45, 7) is 0. The molecule has 0 fully saturated rings. The third-order valence-electron chi connectivity index (χ3n) is 4.45. The molecule has 120 valence electrons.